The summed E-state index contributed by atoms with van der Waals surface area (Å²) in [5, 5.41) is 2.92. The Morgan fingerprint density at radius 3 is 2.14 bits per heavy atom. The van der Waals surface area contributed by atoms with E-state index in [0.717, 1.165) is 0 Å². The number of morpholine rings is 1. The van der Waals surface area contributed by atoms with Crippen LogP contribution in [0, 0.1) is 0 Å². The SMILES string of the molecule is O=C(Nc1ccc(S(=O)(=O)Nc2ccccc2Cl)cc1)c1cc(S(=O)(=O)N2CCOCC2)ccc1Cl. The van der Waals surface area contributed by atoms with E-state index in [1.54, 1.807) is 18.2 Å². The van der Waals surface area contributed by atoms with E-state index < -0.39 is 26.0 Å². The largest absolute Gasteiger partial charge is 0.379 e. The molecule has 190 valence electrons. The van der Waals surface area contributed by atoms with Crippen molar-refractivity contribution in [3.63, 3.8) is 0 Å². The molecule has 0 radical (unpaired) electrons. The number of carbonyl (C=O) groups is 1. The summed E-state index contributed by atoms with van der Waals surface area (Å²) < 4.78 is 60.1. The summed E-state index contributed by atoms with van der Waals surface area (Å²) in [6.07, 6.45) is 0. The van der Waals surface area contributed by atoms with Crippen molar-refractivity contribution < 1.29 is 26.4 Å². The first-order valence-corrected chi connectivity index (χ1v) is 14.3. The predicted molar refractivity (Wildman–Crippen MR) is 138 cm³/mol. The molecule has 0 unspecified atom stereocenters. The molecule has 1 heterocycles. The minimum atomic E-state index is -3.92. The molecule has 0 atom stereocenters. The van der Waals surface area contributed by atoms with Gasteiger partial charge in [0.25, 0.3) is 15.9 Å². The van der Waals surface area contributed by atoms with E-state index >= 15 is 0 Å². The molecule has 13 heteroatoms. The molecule has 1 aliphatic heterocycles. The summed E-state index contributed by atoms with van der Waals surface area (Å²) >= 11 is 12.2. The minimum absolute atomic E-state index is 0.0388. The molecule has 1 saturated heterocycles. The van der Waals surface area contributed by atoms with Gasteiger partial charge in [-0.2, -0.15) is 4.31 Å². The molecule has 1 aliphatic rings. The van der Waals surface area contributed by atoms with Gasteiger partial charge in [0.15, 0.2) is 0 Å². The minimum Gasteiger partial charge on any atom is -0.379 e. The van der Waals surface area contributed by atoms with Crippen LogP contribution in [0.25, 0.3) is 0 Å². The Labute approximate surface area is 219 Å². The van der Waals surface area contributed by atoms with E-state index in [1.807, 2.05) is 0 Å². The smallest absolute Gasteiger partial charge is 0.261 e. The highest BCUT2D eigenvalue weighted by atomic mass is 35.5. The molecule has 4 rings (SSSR count). The molecule has 9 nitrogen and oxygen atoms in total. The van der Waals surface area contributed by atoms with Crippen LogP contribution in [0.2, 0.25) is 10.0 Å². The fraction of sp³-hybridized carbons (Fsp3) is 0.174. The van der Waals surface area contributed by atoms with Crippen molar-refractivity contribution in [3.8, 4) is 0 Å². The van der Waals surface area contributed by atoms with E-state index in [2.05, 4.69) is 10.0 Å². The van der Waals surface area contributed by atoms with Crippen molar-refractivity contribution in [2.75, 3.05) is 36.3 Å². The molecular weight excluding hydrogens is 549 g/mol. The summed E-state index contributed by atoms with van der Waals surface area (Å²) in [5.74, 6) is -0.649. The lowest BCUT2D eigenvalue weighted by atomic mass is 10.2. The first-order valence-electron chi connectivity index (χ1n) is 10.6. The molecule has 0 spiro atoms. The number of ether oxygens (including phenoxy) is 1. The zero-order chi connectivity index (χ0) is 25.9. The fourth-order valence-corrected chi connectivity index (χ4v) is 6.40. The van der Waals surface area contributed by atoms with Gasteiger partial charge in [0, 0.05) is 18.8 Å². The molecule has 0 aliphatic carbocycles. The van der Waals surface area contributed by atoms with Gasteiger partial charge in [0.05, 0.1) is 44.3 Å². The number of benzene rings is 3. The third kappa shape index (κ3) is 5.83. The Balaban J connectivity index is 1.51. The standard InChI is InChI=1S/C23H21Cl2N3O6S2/c24-20-10-9-18(36(32,33)28-11-13-34-14-12-28)15-19(20)23(29)26-16-5-7-17(8-6-16)35(30,31)27-22-4-2-1-3-21(22)25/h1-10,15,27H,11-14H2,(H,26,29). The number of anilines is 2. The summed E-state index contributed by atoms with van der Waals surface area (Å²) in [6.45, 7) is 1.01. The number of hydrogen-bond donors (Lipinski definition) is 2. The summed E-state index contributed by atoms with van der Waals surface area (Å²) in [7, 11) is -7.75. The molecule has 1 amide bonds. The van der Waals surface area contributed by atoms with Crippen molar-refractivity contribution in [1.82, 2.24) is 4.31 Å². The Bertz CT molecular complexity index is 1490. The van der Waals surface area contributed by atoms with Crippen LogP contribution in [-0.2, 0) is 24.8 Å². The molecule has 0 aromatic heterocycles. The van der Waals surface area contributed by atoms with Gasteiger partial charge in [0.1, 0.15) is 0 Å². The molecule has 3 aromatic rings. The monoisotopic (exact) mass is 569 g/mol. The zero-order valence-corrected chi connectivity index (χ0v) is 21.8. The molecule has 3 aromatic carbocycles. The van der Waals surface area contributed by atoms with Crippen LogP contribution in [-0.4, -0.2) is 53.4 Å². The molecule has 2 N–H and O–H groups in total. The maximum absolute atomic E-state index is 12.9. The fourth-order valence-electron chi connectivity index (χ4n) is 3.44. The lowest BCUT2D eigenvalue weighted by molar-refractivity contribution is 0.0730. The van der Waals surface area contributed by atoms with E-state index in [-0.39, 0.29) is 49.9 Å². The van der Waals surface area contributed by atoms with Crippen molar-refractivity contribution in [1.29, 1.82) is 0 Å². The van der Waals surface area contributed by atoms with Crippen LogP contribution >= 0.6 is 23.2 Å². The van der Waals surface area contributed by atoms with Crippen LogP contribution in [0.4, 0.5) is 11.4 Å². The Morgan fingerprint density at radius 2 is 1.47 bits per heavy atom. The van der Waals surface area contributed by atoms with E-state index in [1.165, 1.54) is 52.8 Å². The molecule has 0 saturated carbocycles. The highest BCUT2D eigenvalue weighted by Gasteiger charge is 2.27. The van der Waals surface area contributed by atoms with Crippen molar-refractivity contribution in [2.45, 2.75) is 9.79 Å². The first kappa shape index (κ1) is 26.4. The van der Waals surface area contributed by atoms with Gasteiger partial charge in [-0.25, -0.2) is 16.8 Å². The quantitative estimate of drug-likeness (QED) is 0.442. The highest BCUT2D eigenvalue weighted by molar-refractivity contribution is 7.92. The Morgan fingerprint density at radius 1 is 0.833 bits per heavy atom. The van der Waals surface area contributed by atoms with Gasteiger partial charge in [-0.3, -0.25) is 9.52 Å². The van der Waals surface area contributed by atoms with Gasteiger partial charge in [-0.15, -0.1) is 0 Å². The van der Waals surface area contributed by atoms with Crippen molar-refractivity contribution in [2.24, 2.45) is 0 Å². The Hall–Kier alpha value is -2.67. The van der Waals surface area contributed by atoms with Gasteiger partial charge < -0.3 is 10.1 Å². The van der Waals surface area contributed by atoms with Crippen molar-refractivity contribution in [3.05, 3.63) is 82.3 Å². The van der Waals surface area contributed by atoms with E-state index in [4.69, 9.17) is 27.9 Å². The second kappa shape index (κ2) is 10.8. The number of para-hydroxylation sites is 1. The lowest BCUT2D eigenvalue weighted by Crippen LogP contribution is -2.40. The van der Waals surface area contributed by atoms with E-state index in [0.29, 0.717) is 13.2 Å². The van der Waals surface area contributed by atoms with Crippen LogP contribution < -0.4 is 10.0 Å². The predicted octanol–water partition coefficient (Wildman–Crippen LogP) is 4.07. The van der Waals surface area contributed by atoms with Crippen LogP contribution in [0.5, 0.6) is 0 Å². The van der Waals surface area contributed by atoms with Crippen LogP contribution in [0.1, 0.15) is 10.4 Å². The highest BCUT2D eigenvalue weighted by Crippen LogP contribution is 2.26. The number of nitrogens with zero attached hydrogens (tertiary/aromatic N) is 1. The van der Waals surface area contributed by atoms with E-state index in [9.17, 15) is 21.6 Å². The van der Waals surface area contributed by atoms with Crippen LogP contribution in [0.15, 0.2) is 76.5 Å². The van der Waals surface area contributed by atoms with Gasteiger partial charge in [-0.05, 0) is 54.6 Å². The summed E-state index contributed by atoms with van der Waals surface area (Å²) in [4.78, 5) is 12.8. The summed E-state index contributed by atoms with van der Waals surface area (Å²) in [5.41, 5.74) is 0.482. The number of halogens is 2. The second-order valence-corrected chi connectivity index (χ2v) is 12.2. The average Bonchev–Trinajstić information content (AvgIpc) is 2.86. The molecule has 1 fully saturated rings. The zero-order valence-electron chi connectivity index (χ0n) is 18.6. The molecular formula is C23H21Cl2N3O6S2. The Kier molecular flexibility index (Phi) is 7.88. The molecule has 0 bridgehead atoms. The van der Waals surface area contributed by atoms with Crippen molar-refractivity contribution >= 4 is 60.5 Å². The van der Waals surface area contributed by atoms with Gasteiger partial charge >= 0.3 is 0 Å². The topological polar surface area (TPSA) is 122 Å². The summed E-state index contributed by atoms with van der Waals surface area (Å²) in [6, 6.07) is 15.8. The number of sulfonamides is 2. The van der Waals surface area contributed by atoms with Gasteiger partial charge in [-0.1, -0.05) is 35.3 Å². The molecule has 36 heavy (non-hydrogen) atoms. The third-order valence-corrected chi connectivity index (χ3v) is 9.27. The van der Waals surface area contributed by atoms with Gasteiger partial charge in [0.2, 0.25) is 10.0 Å². The van der Waals surface area contributed by atoms with Crippen LogP contribution in [0.3, 0.4) is 0 Å². The maximum Gasteiger partial charge on any atom is 0.261 e. The number of rotatable bonds is 7. The third-order valence-electron chi connectivity index (χ3n) is 5.33. The maximum atomic E-state index is 12.9. The normalized spacial score (nSPS) is 14.8. The number of carbonyl (C=O) groups excluding carboxylic acids is 1. The first-order chi connectivity index (χ1) is 17.1. The lowest BCUT2D eigenvalue weighted by Gasteiger charge is -2.26. The average molecular weight is 570 g/mol. The number of hydrogen-bond acceptors (Lipinski definition) is 6. The number of amides is 1. The second-order valence-electron chi connectivity index (χ2n) is 7.72. The number of nitrogens with one attached hydrogen (secondary N) is 2.